The van der Waals surface area contributed by atoms with Gasteiger partial charge in [0.2, 0.25) is 0 Å². The Morgan fingerprint density at radius 1 is 1.11 bits per heavy atom. The molecule has 0 spiro atoms. The summed E-state index contributed by atoms with van der Waals surface area (Å²) in [6, 6.07) is 0. The molecule has 0 aromatic carbocycles. The number of rotatable bonds is 0. The molecule has 0 bridgehead atoms. The second kappa shape index (κ2) is 7.95. The molecule has 0 atom stereocenters. The molecule has 0 rings (SSSR count). The Kier molecular flexibility index (Phi) is 14.1. The van der Waals surface area contributed by atoms with Gasteiger partial charge in [0.05, 0.1) is 0 Å². The van der Waals surface area contributed by atoms with Crippen molar-refractivity contribution in [2.24, 2.45) is 0 Å². The van der Waals surface area contributed by atoms with Crippen LogP contribution in [0.3, 0.4) is 0 Å². The summed E-state index contributed by atoms with van der Waals surface area (Å²) >= 11 is -1.62. The molecular weight excluding hydrogens is 223 g/mol. The molecule has 0 unspecified atom stereocenters. The summed E-state index contributed by atoms with van der Waals surface area (Å²) in [5, 5.41) is 0. The minimum atomic E-state index is -4.67. The summed E-state index contributed by atoms with van der Waals surface area (Å²) in [5.41, 5.74) is 0. The quantitative estimate of drug-likeness (QED) is 0.359. The topological polar surface area (TPSA) is 140 Å². The van der Waals surface area contributed by atoms with E-state index in [4.69, 9.17) is 25.2 Å². The minimum absolute atomic E-state index is 0. The molecule has 0 saturated carbocycles. The first-order valence-corrected chi connectivity index (χ1v) is 3.83. The zero-order valence-corrected chi connectivity index (χ0v) is 6.37. The average Bonchev–Trinajstić information content (AvgIpc) is 1.27. The van der Waals surface area contributed by atoms with Crippen LogP contribution in [0.4, 0.5) is 0 Å². The third kappa shape index (κ3) is 110000. The Hall–Kier alpha value is -0.0505. The van der Waals surface area contributed by atoms with Crippen LogP contribution in [0.15, 0.2) is 0 Å². The van der Waals surface area contributed by atoms with Crippen molar-refractivity contribution in [3.05, 3.63) is 0 Å². The van der Waals surface area contributed by atoms with Gasteiger partial charge in [0, 0.05) is 0 Å². The predicted octanol–water partition coefficient (Wildman–Crippen LogP) is -2.10. The number of hydrogen-bond donors (Lipinski definition) is 2. The van der Waals surface area contributed by atoms with Gasteiger partial charge in [0.25, 0.3) is 0 Å². The zero-order valence-electron chi connectivity index (χ0n) is 3.84. The van der Waals surface area contributed by atoms with Crippen LogP contribution in [0.1, 0.15) is 0 Å². The summed E-state index contributed by atoms with van der Waals surface area (Å²) in [6.45, 7) is 0. The van der Waals surface area contributed by atoms with Crippen molar-refractivity contribution in [2.75, 3.05) is 0 Å². The van der Waals surface area contributed by atoms with Gasteiger partial charge in [0.15, 0.2) is 0 Å². The molecule has 58 valence electrons. The molecular formula is H4O7SSe. The monoisotopic (exact) mass is 228 g/mol. The fourth-order valence-electron chi connectivity index (χ4n) is 0. The normalized spacial score (nSPS) is 7.78. The van der Waals surface area contributed by atoms with Gasteiger partial charge in [-0.05, 0) is 0 Å². The van der Waals surface area contributed by atoms with Gasteiger partial charge in [-0.3, -0.25) is 9.11 Å². The molecule has 0 aromatic rings. The summed E-state index contributed by atoms with van der Waals surface area (Å²) in [5.74, 6) is 0. The Labute approximate surface area is 56.5 Å². The maximum absolute atomic E-state index is 8.74. The van der Waals surface area contributed by atoms with Crippen LogP contribution in [-0.2, 0) is 18.1 Å². The van der Waals surface area contributed by atoms with Crippen molar-refractivity contribution in [2.45, 2.75) is 0 Å². The molecule has 0 amide bonds. The molecule has 7 nitrogen and oxygen atoms in total. The van der Waals surface area contributed by atoms with Crippen LogP contribution < -0.4 is 0 Å². The van der Waals surface area contributed by atoms with Crippen molar-refractivity contribution >= 4 is 25.2 Å². The van der Waals surface area contributed by atoms with E-state index in [1.807, 2.05) is 0 Å². The van der Waals surface area contributed by atoms with Crippen molar-refractivity contribution in [1.29, 1.82) is 0 Å². The Balaban J connectivity index is -0.0000000800. The van der Waals surface area contributed by atoms with Gasteiger partial charge < -0.3 is 5.48 Å². The van der Waals surface area contributed by atoms with Crippen LogP contribution >= 0.6 is 0 Å². The molecule has 0 aliphatic carbocycles. The van der Waals surface area contributed by atoms with Crippen molar-refractivity contribution in [1.82, 2.24) is 0 Å². The second-order valence-corrected chi connectivity index (χ2v) is 1.70. The Bertz CT molecular complexity index is 149. The van der Waals surface area contributed by atoms with E-state index in [2.05, 4.69) is 0 Å². The SMILES string of the molecule is O.O=S(=O)(O)O.O=[Se]=O. The average molecular weight is 227 g/mol. The molecule has 4 N–H and O–H groups in total. The molecule has 9 heavy (non-hydrogen) atoms. The molecule has 0 aliphatic rings. The van der Waals surface area contributed by atoms with Gasteiger partial charge in [-0.1, -0.05) is 0 Å². The third-order valence-electron chi connectivity index (χ3n) is 0. The molecule has 0 radical (unpaired) electrons. The van der Waals surface area contributed by atoms with Crippen LogP contribution in [0.25, 0.3) is 0 Å². The van der Waals surface area contributed by atoms with E-state index in [9.17, 15) is 0 Å². The van der Waals surface area contributed by atoms with E-state index in [1.165, 1.54) is 0 Å². The molecule has 0 heterocycles. The van der Waals surface area contributed by atoms with Crippen molar-refractivity contribution in [3.8, 4) is 0 Å². The van der Waals surface area contributed by atoms with Gasteiger partial charge in [0.1, 0.15) is 0 Å². The first kappa shape index (κ1) is 16.0. The Morgan fingerprint density at radius 3 is 1.11 bits per heavy atom. The summed E-state index contributed by atoms with van der Waals surface area (Å²) < 4.78 is 48.5. The van der Waals surface area contributed by atoms with Crippen LogP contribution in [0.2, 0.25) is 0 Å². The standard InChI is InChI=1S/H2O4S.O2Se.H2O/c1-5(2,3)4;1-3-2;/h(H2,1,2,3,4);;1H2. The maximum atomic E-state index is 8.74. The van der Waals surface area contributed by atoms with Crippen LogP contribution in [0.5, 0.6) is 0 Å². The van der Waals surface area contributed by atoms with Crippen LogP contribution in [0, 0.1) is 0 Å². The summed E-state index contributed by atoms with van der Waals surface area (Å²) in [6.07, 6.45) is 0. The first-order valence-electron chi connectivity index (χ1n) is 1.03. The zero-order chi connectivity index (χ0) is 7.21. The summed E-state index contributed by atoms with van der Waals surface area (Å²) in [7, 11) is -4.67. The van der Waals surface area contributed by atoms with E-state index in [1.54, 1.807) is 0 Å². The fraction of sp³-hybridized carbons (Fsp3) is 0. The Morgan fingerprint density at radius 2 is 1.11 bits per heavy atom. The van der Waals surface area contributed by atoms with E-state index in [-0.39, 0.29) is 5.48 Å². The van der Waals surface area contributed by atoms with Gasteiger partial charge >= 0.3 is 32.9 Å². The van der Waals surface area contributed by atoms with E-state index >= 15 is 0 Å². The first-order chi connectivity index (χ1) is 3.41. The van der Waals surface area contributed by atoms with Crippen LogP contribution in [-0.4, -0.2) is 37.8 Å². The van der Waals surface area contributed by atoms with E-state index in [0.717, 1.165) is 0 Å². The second-order valence-electron chi connectivity index (χ2n) is 0.516. The van der Waals surface area contributed by atoms with E-state index < -0.39 is 25.2 Å². The number of hydrogen-bond acceptors (Lipinski definition) is 4. The van der Waals surface area contributed by atoms with Crippen molar-refractivity contribution in [3.63, 3.8) is 0 Å². The third-order valence-corrected chi connectivity index (χ3v) is 0. The fourth-order valence-corrected chi connectivity index (χ4v) is 0. The summed E-state index contributed by atoms with van der Waals surface area (Å²) in [4.78, 5) is 0. The molecule has 0 aromatic heterocycles. The molecule has 0 saturated heterocycles. The van der Waals surface area contributed by atoms with Gasteiger partial charge in [-0.2, -0.15) is 8.42 Å². The van der Waals surface area contributed by atoms with Gasteiger partial charge in [-0.15, -0.1) is 0 Å². The van der Waals surface area contributed by atoms with Crippen molar-refractivity contribution < 1.29 is 30.7 Å². The molecule has 9 heteroatoms. The van der Waals surface area contributed by atoms with E-state index in [0.29, 0.717) is 0 Å². The molecule has 0 aliphatic heterocycles. The predicted molar refractivity (Wildman–Crippen MR) is 24.9 cm³/mol. The van der Waals surface area contributed by atoms with Gasteiger partial charge in [-0.25, -0.2) is 0 Å². The molecule has 0 fully saturated rings.